The van der Waals surface area contributed by atoms with Crippen LogP contribution in [0.2, 0.25) is 0 Å². The highest BCUT2D eigenvalue weighted by atomic mass is 16.7. The van der Waals surface area contributed by atoms with Crippen molar-refractivity contribution in [1.82, 2.24) is 0 Å². The summed E-state index contributed by atoms with van der Waals surface area (Å²) in [4.78, 5) is 48.5. The molecule has 2 unspecified atom stereocenters. The van der Waals surface area contributed by atoms with Crippen LogP contribution in [-0.2, 0) is 25.5 Å². The molecule has 0 bridgehead atoms. The number of ether oxygens (including phenoxy) is 3. The fourth-order valence-electron chi connectivity index (χ4n) is 3.75. The van der Waals surface area contributed by atoms with Crippen LogP contribution in [0.4, 0.5) is 4.79 Å². The molecule has 1 saturated carbocycles. The molecule has 7 nitrogen and oxygen atoms in total. The first kappa shape index (κ1) is 20.6. The van der Waals surface area contributed by atoms with E-state index >= 15 is 0 Å². The molecule has 2 aliphatic rings. The number of terminal acetylenes is 1. The van der Waals surface area contributed by atoms with Crippen LogP contribution >= 0.6 is 0 Å². The van der Waals surface area contributed by atoms with E-state index in [9.17, 15) is 19.2 Å². The second kappa shape index (κ2) is 8.91. The summed E-state index contributed by atoms with van der Waals surface area (Å²) in [6.07, 6.45) is 3.89. The molecule has 2 atom stereocenters. The summed E-state index contributed by atoms with van der Waals surface area (Å²) >= 11 is 0. The summed E-state index contributed by atoms with van der Waals surface area (Å²) < 4.78 is 15.6. The minimum Gasteiger partial charge on any atom is -0.497 e. The first-order valence-corrected chi connectivity index (χ1v) is 9.52. The van der Waals surface area contributed by atoms with E-state index in [2.05, 4.69) is 5.92 Å². The quantitative estimate of drug-likeness (QED) is 0.301. The van der Waals surface area contributed by atoms with Crippen molar-refractivity contribution in [2.75, 3.05) is 7.11 Å². The minimum absolute atomic E-state index is 0.0562. The normalized spacial score (nSPS) is 19.6. The van der Waals surface area contributed by atoms with Crippen LogP contribution in [0.3, 0.4) is 0 Å². The van der Waals surface area contributed by atoms with E-state index in [0.29, 0.717) is 37.0 Å². The number of unbranched alkanes of at least 4 members (excludes halogenated alkanes) is 1. The molecule has 0 heterocycles. The van der Waals surface area contributed by atoms with Gasteiger partial charge in [0.2, 0.25) is 6.10 Å². The van der Waals surface area contributed by atoms with Crippen molar-refractivity contribution in [1.29, 1.82) is 0 Å². The van der Waals surface area contributed by atoms with Gasteiger partial charge in [0.25, 0.3) is 0 Å². The number of benzene rings is 1. The molecular formula is C22H22O7. The Balaban J connectivity index is 1.72. The molecular weight excluding hydrogens is 376 g/mol. The average Bonchev–Trinajstić information content (AvgIpc) is 3.20. The van der Waals surface area contributed by atoms with Crippen molar-refractivity contribution in [3.05, 3.63) is 29.3 Å². The maximum Gasteiger partial charge on any atom is 0.509 e. The highest BCUT2D eigenvalue weighted by Crippen LogP contribution is 2.34. The Hall–Kier alpha value is -3.14. The maximum absolute atomic E-state index is 12.9. The predicted molar refractivity (Wildman–Crippen MR) is 102 cm³/mol. The Kier molecular flexibility index (Phi) is 6.32. The monoisotopic (exact) mass is 398 g/mol. The fourth-order valence-corrected chi connectivity index (χ4v) is 3.75. The lowest BCUT2D eigenvalue weighted by atomic mass is 9.94. The van der Waals surface area contributed by atoms with E-state index in [-0.39, 0.29) is 18.6 Å². The van der Waals surface area contributed by atoms with Crippen LogP contribution in [-0.4, -0.2) is 42.8 Å². The lowest BCUT2D eigenvalue weighted by Gasteiger charge is -2.22. The first-order chi connectivity index (χ1) is 13.9. The first-order valence-electron chi connectivity index (χ1n) is 9.52. The highest BCUT2D eigenvalue weighted by molar-refractivity contribution is 6.12. The van der Waals surface area contributed by atoms with Crippen LogP contribution in [0.5, 0.6) is 5.75 Å². The van der Waals surface area contributed by atoms with Crippen molar-refractivity contribution < 1.29 is 33.4 Å². The number of methoxy groups -OCH3 is 1. The van der Waals surface area contributed by atoms with Crippen LogP contribution in [0, 0.1) is 18.3 Å². The van der Waals surface area contributed by atoms with Crippen molar-refractivity contribution in [2.45, 2.75) is 50.7 Å². The SMILES string of the molecule is C#CCCCC(OC(=O)OC1C(=O)CCC1=O)C1Cc2cc(OC)ccc2C1=O. The van der Waals surface area contributed by atoms with Gasteiger partial charge in [0.05, 0.1) is 13.0 Å². The van der Waals surface area contributed by atoms with Gasteiger partial charge in [-0.25, -0.2) is 4.79 Å². The summed E-state index contributed by atoms with van der Waals surface area (Å²) in [5.41, 5.74) is 1.38. The highest BCUT2D eigenvalue weighted by Gasteiger charge is 2.41. The van der Waals surface area contributed by atoms with E-state index in [0.717, 1.165) is 5.56 Å². The number of hydrogen-bond acceptors (Lipinski definition) is 7. The van der Waals surface area contributed by atoms with E-state index in [1.807, 2.05) is 0 Å². The topological polar surface area (TPSA) is 96.0 Å². The number of fused-ring (bicyclic) bond motifs is 1. The Labute approximate surface area is 168 Å². The molecule has 0 amide bonds. The van der Waals surface area contributed by atoms with Gasteiger partial charge >= 0.3 is 6.16 Å². The third-order valence-corrected chi connectivity index (χ3v) is 5.28. The Bertz CT molecular complexity index is 864. The van der Waals surface area contributed by atoms with Gasteiger partial charge in [0.1, 0.15) is 11.9 Å². The number of hydrogen-bond donors (Lipinski definition) is 0. The fraction of sp³-hybridized carbons (Fsp3) is 0.455. The zero-order chi connectivity index (χ0) is 21.0. The van der Waals surface area contributed by atoms with Gasteiger partial charge in [0.15, 0.2) is 17.3 Å². The van der Waals surface area contributed by atoms with Gasteiger partial charge in [-0.1, -0.05) is 0 Å². The molecule has 152 valence electrons. The Morgan fingerprint density at radius 1 is 1.24 bits per heavy atom. The molecule has 0 saturated heterocycles. The number of rotatable bonds is 7. The molecule has 0 aliphatic heterocycles. The minimum atomic E-state index is -1.41. The second-order valence-electron chi connectivity index (χ2n) is 7.13. The molecule has 1 fully saturated rings. The van der Waals surface area contributed by atoms with Gasteiger partial charge in [-0.05, 0) is 43.0 Å². The molecule has 0 aromatic heterocycles. The predicted octanol–water partition coefficient (Wildman–Crippen LogP) is 2.68. The van der Waals surface area contributed by atoms with Crippen LogP contribution in [0.15, 0.2) is 18.2 Å². The number of carbonyl (C=O) groups excluding carboxylic acids is 4. The van der Waals surface area contributed by atoms with Gasteiger partial charge in [0, 0.05) is 24.8 Å². The van der Waals surface area contributed by atoms with E-state index in [1.165, 1.54) is 0 Å². The van der Waals surface area contributed by atoms with Crippen LogP contribution in [0.1, 0.15) is 48.0 Å². The Morgan fingerprint density at radius 3 is 2.62 bits per heavy atom. The van der Waals surface area contributed by atoms with Crippen LogP contribution in [0.25, 0.3) is 0 Å². The number of carbonyl (C=O) groups is 4. The molecule has 2 aliphatic carbocycles. The number of ketones is 3. The average molecular weight is 398 g/mol. The zero-order valence-electron chi connectivity index (χ0n) is 16.1. The third kappa shape index (κ3) is 4.48. The molecule has 0 radical (unpaired) electrons. The van der Waals surface area contributed by atoms with Crippen molar-refractivity contribution in [2.24, 2.45) is 5.92 Å². The smallest absolute Gasteiger partial charge is 0.497 e. The molecule has 29 heavy (non-hydrogen) atoms. The van der Waals surface area contributed by atoms with Crippen molar-refractivity contribution in [3.8, 4) is 18.1 Å². The Morgan fingerprint density at radius 2 is 1.97 bits per heavy atom. The standard InChI is InChI=1S/C22H22O7/c1-3-4-5-6-19(28-22(26)29-21-17(23)9-10-18(21)24)16-12-13-11-14(27-2)7-8-15(13)20(16)25/h1,7-8,11,16,19,21H,4-6,9-10,12H2,2H3. The molecule has 3 rings (SSSR count). The van der Waals surface area contributed by atoms with Gasteiger partial charge in [-0.3, -0.25) is 14.4 Å². The van der Waals surface area contributed by atoms with E-state index in [1.54, 1.807) is 25.3 Å². The van der Waals surface area contributed by atoms with Crippen LogP contribution < -0.4 is 4.74 Å². The van der Waals surface area contributed by atoms with E-state index < -0.39 is 35.8 Å². The molecule has 1 aromatic carbocycles. The second-order valence-corrected chi connectivity index (χ2v) is 7.13. The maximum atomic E-state index is 12.9. The summed E-state index contributed by atoms with van der Waals surface area (Å²) in [5, 5.41) is 0. The summed E-state index contributed by atoms with van der Waals surface area (Å²) in [6, 6.07) is 5.20. The van der Waals surface area contributed by atoms with Crippen molar-refractivity contribution >= 4 is 23.5 Å². The zero-order valence-corrected chi connectivity index (χ0v) is 16.1. The lowest BCUT2D eigenvalue weighted by molar-refractivity contribution is -0.135. The van der Waals surface area contributed by atoms with Gasteiger partial charge in [-0.2, -0.15) is 0 Å². The van der Waals surface area contributed by atoms with Gasteiger partial charge in [-0.15, -0.1) is 12.3 Å². The van der Waals surface area contributed by atoms with Gasteiger partial charge < -0.3 is 14.2 Å². The summed E-state index contributed by atoms with van der Waals surface area (Å²) in [7, 11) is 1.54. The van der Waals surface area contributed by atoms with E-state index in [4.69, 9.17) is 20.6 Å². The lowest BCUT2D eigenvalue weighted by Crippen LogP contribution is -2.35. The summed E-state index contributed by atoms with van der Waals surface area (Å²) in [5.74, 6) is 1.57. The summed E-state index contributed by atoms with van der Waals surface area (Å²) in [6.45, 7) is 0. The molecule has 0 spiro atoms. The third-order valence-electron chi connectivity index (χ3n) is 5.28. The molecule has 0 N–H and O–H groups in total. The molecule has 1 aromatic rings. The molecule has 7 heteroatoms. The number of Topliss-reactive ketones (excluding diaryl/α,β-unsaturated/α-hetero) is 3. The van der Waals surface area contributed by atoms with Crippen molar-refractivity contribution in [3.63, 3.8) is 0 Å². The largest absolute Gasteiger partial charge is 0.509 e.